The number of amidine groups is 1. The van der Waals surface area contributed by atoms with Gasteiger partial charge in [-0.1, -0.05) is 11.8 Å². The van der Waals surface area contributed by atoms with Gasteiger partial charge in [0.1, 0.15) is 0 Å². The van der Waals surface area contributed by atoms with Crippen LogP contribution in [0.15, 0.2) is 17.1 Å². The van der Waals surface area contributed by atoms with E-state index in [1.807, 2.05) is 0 Å². The summed E-state index contributed by atoms with van der Waals surface area (Å²) in [6, 6.07) is 0. The number of nitrogens with zero attached hydrogens (tertiary/aromatic N) is 1. The maximum absolute atomic E-state index is 10.9. The zero-order valence-electron chi connectivity index (χ0n) is 6.89. The molecule has 0 bridgehead atoms. The fourth-order valence-electron chi connectivity index (χ4n) is 0.665. The van der Waals surface area contributed by atoms with Crippen molar-refractivity contribution in [3.8, 4) is 0 Å². The van der Waals surface area contributed by atoms with Crippen molar-refractivity contribution in [3.63, 3.8) is 0 Å². The number of aliphatic imine (C=N–C) groups is 1. The first kappa shape index (κ1) is 10.5. The van der Waals surface area contributed by atoms with Gasteiger partial charge < -0.3 is 10.4 Å². The van der Waals surface area contributed by atoms with Gasteiger partial charge in [-0.3, -0.25) is 9.59 Å². The summed E-state index contributed by atoms with van der Waals surface area (Å²) in [7, 11) is 0. The molecule has 0 aliphatic carbocycles. The molecule has 2 amide bonds. The van der Waals surface area contributed by atoms with E-state index in [9.17, 15) is 14.4 Å². The lowest BCUT2D eigenvalue weighted by Gasteiger charge is -1.90. The molecule has 74 valence electrons. The predicted molar refractivity (Wildman–Crippen MR) is 49.8 cm³/mol. The highest BCUT2D eigenvalue weighted by molar-refractivity contribution is 8.15. The summed E-state index contributed by atoms with van der Waals surface area (Å²) >= 11 is 1.10. The van der Waals surface area contributed by atoms with Gasteiger partial charge in [0, 0.05) is 12.2 Å². The van der Waals surface area contributed by atoms with Crippen LogP contribution in [0.4, 0.5) is 0 Å². The SMILES string of the molecule is O=C(O)/C=C\C(=O)N=C1NC(=O)CS1. The third-order valence-electron chi connectivity index (χ3n) is 1.17. The van der Waals surface area contributed by atoms with E-state index >= 15 is 0 Å². The van der Waals surface area contributed by atoms with Crippen LogP contribution in [0, 0.1) is 0 Å². The molecule has 7 heteroatoms. The third-order valence-corrected chi connectivity index (χ3v) is 2.04. The van der Waals surface area contributed by atoms with E-state index in [0.29, 0.717) is 6.08 Å². The number of nitrogens with one attached hydrogen (secondary N) is 1. The topological polar surface area (TPSA) is 95.8 Å². The van der Waals surface area contributed by atoms with Gasteiger partial charge in [0.2, 0.25) is 5.91 Å². The summed E-state index contributed by atoms with van der Waals surface area (Å²) in [5.41, 5.74) is 0. The highest BCUT2D eigenvalue weighted by Crippen LogP contribution is 2.08. The summed E-state index contributed by atoms with van der Waals surface area (Å²) < 4.78 is 0. The number of thioether (sulfide) groups is 1. The van der Waals surface area contributed by atoms with Gasteiger partial charge >= 0.3 is 5.97 Å². The average molecular weight is 214 g/mol. The number of rotatable bonds is 2. The van der Waals surface area contributed by atoms with Gasteiger partial charge in [-0.05, 0) is 0 Å². The van der Waals surface area contributed by atoms with E-state index < -0.39 is 11.9 Å². The van der Waals surface area contributed by atoms with E-state index in [2.05, 4.69) is 10.3 Å². The van der Waals surface area contributed by atoms with Gasteiger partial charge in [-0.2, -0.15) is 4.99 Å². The first-order valence-electron chi connectivity index (χ1n) is 3.54. The summed E-state index contributed by atoms with van der Waals surface area (Å²) in [5.74, 6) is -1.92. The molecule has 0 saturated carbocycles. The number of carbonyl (C=O) groups excluding carboxylic acids is 2. The number of amides is 2. The Balaban J connectivity index is 2.55. The number of hydrogen-bond donors (Lipinski definition) is 2. The molecule has 0 radical (unpaired) electrons. The van der Waals surface area contributed by atoms with Crippen LogP contribution in [-0.4, -0.2) is 33.8 Å². The van der Waals surface area contributed by atoms with Crippen LogP contribution >= 0.6 is 11.8 Å². The van der Waals surface area contributed by atoms with Crippen molar-refractivity contribution in [1.82, 2.24) is 5.32 Å². The van der Waals surface area contributed by atoms with E-state index in [1.54, 1.807) is 0 Å². The molecular weight excluding hydrogens is 208 g/mol. The van der Waals surface area contributed by atoms with Gasteiger partial charge in [0.25, 0.3) is 5.91 Å². The minimum Gasteiger partial charge on any atom is -0.478 e. The molecule has 1 aliphatic heterocycles. The Morgan fingerprint density at radius 3 is 2.71 bits per heavy atom. The maximum Gasteiger partial charge on any atom is 0.328 e. The van der Waals surface area contributed by atoms with Crippen molar-refractivity contribution < 1.29 is 19.5 Å². The molecule has 1 saturated heterocycles. The lowest BCUT2D eigenvalue weighted by Crippen LogP contribution is -2.20. The highest BCUT2D eigenvalue weighted by Gasteiger charge is 2.16. The van der Waals surface area contributed by atoms with Crippen LogP contribution in [0.3, 0.4) is 0 Å². The summed E-state index contributed by atoms with van der Waals surface area (Å²) in [5, 5.41) is 10.8. The predicted octanol–water partition coefficient (Wildman–Crippen LogP) is -0.627. The summed E-state index contributed by atoms with van der Waals surface area (Å²) in [4.78, 5) is 35.1. The first-order chi connectivity index (χ1) is 6.58. The Morgan fingerprint density at radius 2 is 2.21 bits per heavy atom. The fraction of sp³-hybridized carbons (Fsp3) is 0.143. The number of aliphatic carboxylic acids is 1. The number of carbonyl (C=O) groups is 3. The quantitative estimate of drug-likeness (QED) is 0.597. The molecule has 0 spiro atoms. The van der Waals surface area contributed by atoms with Crippen LogP contribution in [0.2, 0.25) is 0 Å². The minimum absolute atomic E-state index is 0.204. The molecule has 0 aromatic heterocycles. The molecule has 14 heavy (non-hydrogen) atoms. The summed E-state index contributed by atoms with van der Waals surface area (Å²) in [6.07, 6.45) is 1.51. The van der Waals surface area contributed by atoms with Crippen molar-refractivity contribution in [2.75, 3.05) is 5.75 Å². The largest absolute Gasteiger partial charge is 0.478 e. The second-order valence-corrected chi connectivity index (χ2v) is 3.23. The number of carboxylic acids is 1. The molecule has 0 aromatic rings. The van der Waals surface area contributed by atoms with Crippen LogP contribution in [-0.2, 0) is 14.4 Å². The Bertz CT molecular complexity index is 348. The molecule has 1 aliphatic rings. The van der Waals surface area contributed by atoms with E-state index in [0.717, 1.165) is 17.8 Å². The molecule has 0 unspecified atom stereocenters. The standard InChI is InChI=1S/C7H6N2O4S/c10-4(1-2-6(12)13)8-7-9-5(11)3-14-7/h1-2H,3H2,(H,12,13)(H,8,9,10,11)/b2-1-. The molecule has 2 N–H and O–H groups in total. The van der Waals surface area contributed by atoms with E-state index in [1.165, 1.54) is 0 Å². The van der Waals surface area contributed by atoms with Crippen LogP contribution in [0.5, 0.6) is 0 Å². The van der Waals surface area contributed by atoms with Crippen LogP contribution in [0.25, 0.3) is 0 Å². The van der Waals surface area contributed by atoms with Crippen molar-refractivity contribution in [3.05, 3.63) is 12.2 Å². The smallest absolute Gasteiger partial charge is 0.328 e. The van der Waals surface area contributed by atoms with Gasteiger partial charge in [-0.25, -0.2) is 4.79 Å². The van der Waals surface area contributed by atoms with Gasteiger partial charge in [0.15, 0.2) is 5.17 Å². The van der Waals surface area contributed by atoms with Gasteiger partial charge in [-0.15, -0.1) is 0 Å². The van der Waals surface area contributed by atoms with E-state index in [-0.39, 0.29) is 16.8 Å². The van der Waals surface area contributed by atoms with Crippen molar-refractivity contribution >= 4 is 34.7 Å². The highest BCUT2D eigenvalue weighted by atomic mass is 32.2. The fourth-order valence-corrected chi connectivity index (χ4v) is 1.35. The molecule has 0 aromatic carbocycles. The Hall–Kier alpha value is -1.63. The van der Waals surface area contributed by atoms with Crippen molar-refractivity contribution in [2.24, 2.45) is 4.99 Å². The van der Waals surface area contributed by atoms with Crippen molar-refractivity contribution in [1.29, 1.82) is 0 Å². The normalized spacial score (nSPS) is 18.9. The second kappa shape index (κ2) is 4.56. The molecule has 0 atom stereocenters. The molecule has 1 heterocycles. The molecule has 1 fully saturated rings. The van der Waals surface area contributed by atoms with Gasteiger partial charge in [0.05, 0.1) is 5.75 Å². The second-order valence-electron chi connectivity index (χ2n) is 2.26. The Labute approximate surface area is 83.1 Å². The number of hydrogen-bond acceptors (Lipinski definition) is 4. The van der Waals surface area contributed by atoms with E-state index in [4.69, 9.17) is 5.11 Å². The third kappa shape index (κ3) is 3.40. The average Bonchev–Trinajstić information content (AvgIpc) is 2.48. The Morgan fingerprint density at radius 1 is 1.50 bits per heavy atom. The molecule has 6 nitrogen and oxygen atoms in total. The van der Waals surface area contributed by atoms with Crippen molar-refractivity contribution in [2.45, 2.75) is 0 Å². The maximum atomic E-state index is 10.9. The Kier molecular flexibility index (Phi) is 3.41. The first-order valence-corrected chi connectivity index (χ1v) is 4.53. The van der Waals surface area contributed by atoms with Crippen LogP contribution in [0.1, 0.15) is 0 Å². The lowest BCUT2D eigenvalue weighted by atomic mass is 10.5. The zero-order chi connectivity index (χ0) is 10.6. The minimum atomic E-state index is -1.22. The number of carboxylic acid groups (broad SMARTS) is 1. The monoisotopic (exact) mass is 214 g/mol. The zero-order valence-corrected chi connectivity index (χ0v) is 7.71. The molecular formula is C7H6N2O4S. The molecule has 1 rings (SSSR count). The van der Waals surface area contributed by atoms with Crippen LogP contribution < -0.4 is 5.32 Å². The summed E-state index contributed by atoms with van der Waals surface area (Å²) in [6.45, 7) is 0. The lowest BCUT2D eigenvalue weighted by molar-refractivity contribution is -0.131.